The third-order valence-electron chi connectivity index (χ3n) is 7.17. The quantitative estimate of drug-likeness (QED) is 0.139. The van der Waals surface area contributed by atoms with Gasteiger partial charge in [0.25, 0.3) is 0 Å². The number of nitrogens with one attached hydrogen (secondary N) is 5. The molecule has 0 saturated heterocycles. The highest BCUT2D eigenvalue weighted by Crippen LogP contribution is 2.21. The standard InChI is InChI=1S/C30H36N6O5/c1-16(2)26(30(40)41)36-27(37)17(3)34-29(39)25(13-19-15-33-24-11-7-5-9-21(19)24)35-28(38)22(31)12-18-14-32-23-10-6-4-8-20(18)23/h4-11,14-17,22,25-26,32-33H,12-13,31H2,1-3H3,(H,34,39)(H,35,38)(H,36,37)(H,40,41). The minimum atomic E-state index is -1.17. The minimum Gasteiger partial charge on any atom is -0.480 e. The Hall–Kier alpha value is -4.64. The Labute approximate surface area is 237 Å². The number of carboxylic acids is 1. The lowest BCUT2D eigenvalue weighted by Gasteiger charge is -2.24. The van der Waals surface area contributed by atoms with Crippen molar-refractivity contribution in [3.8, 4) is 0 Å². The van der Waals surface area contributed by atoms with Gasteiger partial charge in [-0.05, 0) is 42.5 Å². The molecule has 41 heavy (non-hydrogen) atoms. The molecule has 0 radical (unpaired) electrons. The van der Waals surface area contributed by atoms with Crippen LogP contribution in [0.25, 0.3) is 21.8 Å². The van der Waals surface area contributed by atoms with Crippen LogP contribution in [0.2, 0.25) is 0 Å². The SMILES string of the molecule is CC(NC(=O)C(Cc1c[nH]c2ccccc12)NC(=O)C(N)Cc1c[nH]c2ccccc12)C(=O)NC(C(=O)O)C(C)C. The molecule has 216 valence electrons. The molecule has 4 unspecified atom stereocenters. The maximum atomic E-state index is 13.4. The zero-order valence-electron chi connectivity index (χ0n) is 23.2. The Kier molecular flexibility index (Phi) is 9.08. The van der Waals surface area contributed by atoms with Crippen LogP contribution in [0.15, 0.2) is 60.9 Å². The Balaban J connectivity index is 1.50. The lowest BCUT2D eigenvalue weighted by molar-refractivity contribution is -0.143. The van der Waals surface area contributed by atoms with Crippen LogP contribution in [0.5, 0.6) is 0 Å². The molecule has 0 saturated carbocycles. The second-order valence-corrected chi connectivity index (χ2v) is 10.6. The van der Waals surface area contributed by atoms with Gasteiger partial charge in [-0.3, -0.25) is 14.4 Å². The second kappa shape index (κ2) is 12.7. The average Bonchev–Trinajstić information content (AvgIpc) is 3.54. The maximum absolute atomic E-state index is 13.4. The number of aromatic nitrogens is 2. The van der Waals surface area contributed by atoms with Gasteiger partial charge in [0, 0.05) is 40.6 Å². The van der Waals surface area contributed by atoms with Gasteiger partial charge in [0.1, 0.15) is 18.1 Å². The normalized spacial score (nSPS) is 14.4. The summed E-state index contributed by atoms with van der Waals surface area (Å²) in [6.45, 7) is 4.81. The van der Waals surface area contributed by atoms with Crippen molar-refractivity contribution in [1.82, 2.24) is 25.9 Å². The van der Waals surface area contributed by atoms with Gasteiger partial charge >= 0.3 is 5.97 Å². The Morgan fingerprint density at radius 2 is 1.29 bits per heavy atom. The average molecular weight is 561 g/mol. The summed E-state index contributed by atoms with van der Waals surface area (Å²) in [6.07, 6.45) is 3.98. The summed E-state index contributed by atoms with van der Waals surface area (Å²) in [4.78, 5) is 57.3. The molecule has 8 N–H and O–H groups in total. The van der Waals surface area contributed by atoms with Crippen molar-refractivity contribution >= 4 is 45.5 Å². The van der Waals surface area contributed by atoms with Gasteiger partial charge in [-0.25, -0.2) is 4.79 Å². The number of carbonyl (C=O) groups is 4. The summed E-state index contributed by atoms with van der Waals surface area (Å²) in [5.41, 5.74) is 9.78. The molecular weight excluding hydrogens is 524 g/mol. The van der Waals surface area contributed by atoms with Crippen LogP contribution in [0, 0.1) is 5.92 Å². The van der Waals surface area contributed by atoms with Crippen LogP contribution < -0.4 is 21.7 Å². The first-order chi connectivity index (χ1) is 19.5. The van der Waals surface area contributed by atoms with Crippen molar-refractivity contribution in [2.24, 2.45) is 11.7 Å². The van der Waals surface area contributed by atoms with E-state index in [1.54, 1.807) is 20.0 Å². The number of para-hydroxylation sites is 2. The molecule has 2 heterocycles. The lowest BCUT2D eigenvalue weighted by atomic mass is 10.0. The van der Waals surface area contributed by atoms with Gasteiger partial charge in [-0.15, -0.1) is 0 Å². The zero-order chi connectivity index (χ0) is 29.7. The molecule has 11 nitrogen and oxygen atoms in total. The van der Waals surface area contributed by atoms with E-state index in [9.17, 15) is 24.3 Å². The fraction of sp³-hybridized carbons (Fsp3) is 0.333. The number of aromatic amines is 2. The van der Waals surface area contributed by atoms with Crippen molar-refractivity contribution in [2.45, 2.75) is 57.8 Å². The number of fused-ring (bicyclic) bond motifs is 2. The third-order valence-corrected chi connectivity index (χ3v) is 7.17. The molecule has 11 heteroatoms. The Bertz CT molecular complexity index is 1560. The van der Waals surface area contributed by atoms with Crippen LogP contribution in [0.1, 0.15) is 31.9 Å². The number of benzene rings is 2. The van der Waals surface area contributed by atoms with E-state index >= 15 is 0 Å². The topological polar surface area (TPSA) is 182 Å². The van der Waals surface area contributed by atoms with E-state index in [2.05, 4.69) is 25.9 Å². The van der Waals surface area contributed by atoms with Crippen molar-refractivity contribution in [3.05, 3.63) is 72.1 Å². The molecule has 0 aliphatic heterocycles. The molecular formula is C30H36N6O5. The first kappa shape index (κ1) is 29.3. The van der Waals surface area contributed by atoms with E-state index in [0.717, 1.165) is 32.9 Å². The van der Waals surface area contributed by atoms with Crippen molar-refractivity contribution in [3.63, 3.8) is 0 Å². The molecule has 4 aromatic rings. The van der Waals surface area contributed by atoms with Crippen LogP contribution in [-0.4, -0.2) is 62.9 Å². The summed E-state index contributed by atoms with van der Waals surface area (Å²) in [5.74, 6) is -3.28. The molecule has 4 rings (SSSR count). The molecule has 2 aromatic carbocycles. The summed E-state index contributed by atoms with van der Waals surface area (Å²) >= 11 is 0. The van der Waals surface area contributed by atoms with Gasteiger partial charge in [0.2, 0.25) is 17.7 Å². The molecule has 3 amide bonds. The second-order valence-electron chi connectivity index (χ2n) is 10.6. The van der Waals surface area contributed by atoms with Crippen molar-refractivity contribution in [1.29, 1.82) is 0 Å². The summed E-state index contributed by atoms with van der Waals surface area (Å²) < 4.78 is 0. The summed E-state index contributed by atoms with van der Waals surface area (Å²) in [7, 11) is 0. The minimum absolute atomic E-state index is 0.138. The number of carbonyl (C=O) groups excluding carboxylic acids is 3. The molecule has 0 aliphatic rings. The van der Waals surface area contributed by atoms with Gasteiger partial charge in [-0.2, -0.15) is 0 Å². The molecule has 0 fully saturated rings. The lowest BCUT2D eigenvalue weighted by Crippen LogP contribution is -2.57. The molecule has 2 aromatic heterocycles. The smallest absolute Gasteiger partial charge is 0.326 e. The zero-order valence-corrected chi connectivity index (χ0v) is 23.2. The fourth-order valence-electron chi connectivity index (χ4n) is 4.81. The van der Waals surface area contributed by atoms with Gasteiger partial charge in [0.15, 0.2) is 0 Å². The van der Waals surface area contributed by atoms with Gasteiger partial charge < -0.3 is 36.8 Å². The highest BCUT2D eigenvalue weighted by atomic mass is 16.4. The van der Waals surface area contributed by atoms with Gasteiger partial charge in [-0.1, -0.05) is 50.2 Å². The van der Waals surface area contributed by atoms with Crippen LogP contribution >= 0.6 is 0 Å². The molecule has 0 bridgehead atoms. The molecule has 4 atom stereocenters. The van der Waals surface area contributed by atoms with Crippen LogP contribution in [0.4, 0.5) is 0 Å². The van der Waals surface area contributed by atoms with Gasteiger partial charge in [0.05, 0.1) is 6.04 Å². The van der Waals surface area contributed by atoms with Crippen LogP contribution in [0.3, 0.4) is 0 Å². The number of rotatable bonds is 12. The van der Waals surface area contributed by atoms with E-state index < -0.39 is 47.9 Å². The van der Waals surface area contributed by atoms with Crippen molar-refractivity contribution in [2.75, 3.05) is 0 Å². The molecule has 0 aliphatic carbocycles. The number of hydrogen-bond donors (Lipinski definition) is 7. The largest absolute Gasteiger partial charge is 0.480 e. The van der Waals surface area contributed by atoms with E-state index in [-0.39, 0.29) is 18.8 Å². The Morgan fingerprint density at radius 1 is 0.756 bits per heavy atom. The van der Waals surface area contributed by atoms with E-state index in [1.807, 2.05) is 54.7 Å². The Morgan fingerprint density at radius 3 is 1.83 bits per heavy atom. The first-order valence-electron chi connectivity index (χ1n) is 13.5. The number of nitrogens with two attached hydrogens (primary N) is 1. The predicted octanol–water partition coefficient (Wildman–Crippen LogP) is 1.98. The maximum Gasteiger partial charge on any atom is 0.326 e. The first-order valence-corrected chi connectivity index (χ1v) is 13.5. The highest BCUT2D eigenvalue weighted by molar-refractivity contribution is 5.95. The number of hydrogen-bond acceptors (Lipinski definition) is 5. The van der Waals surface area contributed by atoms with Crippen LogP contribution in [-0.2, 0) is 32.0 Å². The number of carboxylic acid groups (broad SMARTS) is 1. The molecule has 0 spiro atoms. The highest BCUT2D eigenvalue weighted by Gasteiger charge is 2.30. The monoisotopic (exact) mass is 560 g/mol. The number of aliphatic carboxylic acids is 1. The summed E-state index contributed by atoms with van der Waals surface area (Å²) in [6, 6.07) is 11.1. The number of amides is 3. The third kappa shape index (κ3) is 6.93. The fourth-order valence-corrected chi connectivity index (χ4v) is 4.81. The predicted molar refractivity (Wildman–Crippen MR) is 156 cm³/mol. The van der Waals surface area contributed by atoms with E-state index in [1.165, 1.54) is 6.92 Å². The summed E-state index contributed by atoms with van der Waals surface area (Å²) in [5, 5.41) is 19.1. The van der Waals surface area contributed by atoms with E-state index in [4.69, 9.17) is 5.73 Å². The van der Waals surface area contributed by atoms with E-state index in [0.29, 0.717) is 0 Å². The van der Waals surface area contributed by atoms with Crippen molar-refractivity contribution < 1.29 is 24.3 Å². The number of H-pyrrole nitrogens is 2.